The van der Waals surface area contributed by atoms with Crippen molar-refractivity contribution in [2.45, 2.75) is 13.0 Å². The Kier molecular flexibility index (Phi) is 5.85. The van der Waals surface area contributed by atoms with Crippen molar-refractivity contribution in [2.24, 2.45) is 0 Å². The minimum absolute atomic E-state index is 0. The maximum absolute atomic E-state index is 11.9. The van der Waals surface area contributed by atoms with Crippen molar-refractivity contribution >= 4 is 33.2 Å². The van der Waals surface area contributed by atoms with Crippen LogP contribution in [-0.2, 0) is 6.54 Å². The van der Waals surface area contributed by atoms with E-state index >= 15 is 0 Å². The summed E-state index contributed by atoms with van der Waals surface area (Å²) in [6, 6.07) is 5.62. The molecule has 2 rings (SSSR count). The first-order valence-electron chi connectivity index (χ1n) is 5.96. The van der Waals surface area contributed by atoms with Gasteiger partial charge in [-0.25, -0.2) is 0 Å². The molecule has 0 amide bonds. The minimum atomic E-state index is 0. The summed E-state index contributed by atoms with van der Waals surface area (Å²) in [6.45, 7) is 1.80. The van der Waals surface area contributed by atoms with Crippen LogP contribution >= 0.6 is 22.9 Å². The normalized spacial score (nSPS) is 11.6. The molecular weight excluding hydrogens is 395 g/mol. The van der Waals surface area contributed by atoms with Crippen LogP contribution in [-0.4, -0.2) is 36.7 Å². The maximum Gasteiger partial charge on any atom is 0.308 e. The molecule has 1 heterocycles. The fourth-order valence-corrected chi connectivity index (χ4v) is 3.01. The van der Waals surface area contributed by atoms with E-state index in [2.05, 4.69) is 21.1 Å². The van der Waals surface area contributed by atoms with Gasteiger partial charge < -0.3 is 28.5 Å². The fourth-order valence-electron chi connectivity index (χ4n) is 1.95. The number of rotatable bonds is 4. The van der Waals surface area contributed by atoms with Crippen LogP contribution in [0.3, 0.4) is 0 Å². The first-order chi connectivity index (χ1) is 8.37. The zero-order chi connectivity index (χ0) is 13.3. The van der Waals surface area contributed by atoms with Crippen molar-refractivity contribution < 1.29 is 28.5 Å². The lowest BCUT2D eigenvalue weighted by molar-refractivity contribution is -0.870. The highest BCUT2D eigenvalue weighted by molar-refractivity contribution is 7.16. The van der Waals surface area contributed by atoms with Gasteiger partial charge in [-0.15, -0.1) is 0 Å². The van der Waals surface area contributed by atoms with E-state index in [1.54, 1.807) is 0 Å². The smallest absolute Gasteiger partial charge is 0.308 e. The summed E-state index contributed by atoms with van der Waals surface area (Å²) in [4.78, 5) is 12.0. The molecule has 0 aliphatic heterocycles. The first kappa shape index (κ1) is 16.9. The maximum atomic E-state index is 11.9. The number of hydrogen-bond donors (Lipinski definition) is 0. The van der Waals surface area contributed by atoms with Crippen molar-refractivity contribution in [1.82, 2.24) is 4.57 Å². The molecule has 106 valence electrons. The zero-order valence-corrected chi connectivity index (χ0v) is 15.1. The summed E-state index contributed by atoms with van der Waals surface area (Å²) in [5.74, 6) is 0. The van der Waals surface area contributed by atoms with Gasteiger partial charge in [-0.05, 0) is 18.2 Å². The number of thiazole rings is 1. The Balaban J connectivity index is 0.00000180. The van der Waals surface area contributed by atoms with Crippen molar-refractivity contribution in [2.75, 3.05) is 27.7 Å². The van der Waals surface area contributed by atoms with Crippen molar-refractivity contribution in [3.8, 4) is 0 Å². The Labute approximate surface area is 139 Å². The Morgan fingerprint density at radius 1 is 1.32 bits per heavy atom. The predicted molar refractivity (Wildman–Crippen MR) is 78.6 cm³/mol. The van der Waals surface area contributed by atoms with Crippen LogP contribution in [0.2, 0.25) is 5.02 Å². The van der Waals surface area contributed by atoms with E-state index in [-0.39, 0.29) is 28.8 Å². The van der Waals surface area contributed by atoms with Gasteiger partial charge in [0.15, 0.2) is 0 Å². The second-order valence-corrected chi connectivity index (χ2v) is 6.93. The number of aromatic nitrogens is 1. The van der Waals surface area contributed by atoms with Crippen LogP contribution in [0, 0.1) is 0 Å². The zero-order valence-electron chi connectivity index (χ0n) is 11.3. The molecule has 0 aliphatic carbocycles. The molecule has 0 atom stereocenters. The number of benzene rings is 1. The van der Waals surface area contributed by atoms with Crippen LogP contribution < -0.4 is 28.8 Å². The van der Waals surface area contributed by atoms with E-state index in [1.807, 2.05) is 22.8 Å². The van der Waals surface area contributed by atoms with Crippen molar-refractivity contribution in [3.63, 3.8) is 0 Å². The SMILES string of the molecule is C[N+](C)(C)CCCn1c(=O)sc2ccc(Cl)cc21.[I-]. The second kappa shape index (κ2) is 6.56. The van der Waals surface area contributed by atoms with Crippen LogP contribution in [0.15, 0.2) is 23.0 Å². The topological polar surface area (TPSA) is 22.0 Å². The predicted octanol–water partition coefficient (Wildman–Crippen LogP) is -0.183. The molecular formula is C13H18ClIN2OS. The summed E-state index contributed by atoms with van der Waals surface area (Å²) in [5.41, 5.74) is 0.957. The van der Waals surface area contributed by atoms with Crippen molar-refractivity contribution in [1.29, 1.82) is 0 Å². The van der Waals surface area contributed by atoms with Gasteiger partial charge in [0.25, 0.3) is 0 Å². The van der Waals surface area contributed by atoms with Gasteiger partial charge in [0.1, 0.15) is 0 Å². The Morgan fingerprint density at radius 3 is 2.63 bits per heavy atom. The quantitative estimate of drug-likeness (QED) is 0.504. The number of nitrogens with zero attached hydrogens (tertiary/aromatic N) is 2. The Hall–Kier alpha value is -0.110. The highest BCUT2D eigenvalue weighted by atomic mass is 127. The summed E-state index contributed by atoms with van der Waals surface area (Å²) < 4.78 is 3.76. The van der Waals surface area contributed by atoms with Gasteiger partial charge >= 0.3 is 4.87 Å². The summed E-state index contributed by atoms with van der Waals surface area (Å²) in [7, 11) is 6.47. The molecule has 19 heavy (non-hydrogen) atoms. The molecule has 0 saturated carbocycles. The monoisotopic (exact) mass is 412 g/mol. The number of halogens is 2. The molecule has 0 radical (unpaired) electrons. The molecule has 1 aromatic heterocycles. The average Bonchev–Trinajstić information content (AvgIpc) is 2.54. The third-order valence-corrected chi connectivity index (χ3v) is 4.04. The van der Waals surface area contributed by atoms with Crippen LogP contribution in [0.5, 0.6) is 0 Å². The molecule has 0 saturated heterocycles. The summed E-state index contributed by atoms with van der Waals surface area (Å²) in [5, 5.41) is 0.681. The highest BCUT2D eigenvalue weighted by Gasteiger charge is 2.10. The lowest BCUT2D eigenvalue weighted by Gasteiger charge is -2.23. The summed E-state index contributed by atoms with van der Waals surface area (Å²) in [6.07, 6.45) is 0.988. The van der Waals surface area contributed by atoms with Gasteiger partial charge in [-0.2, -0.15) is 0 Å². The van der Waals surface area contributed by atoms with Gasteiger partial charge in [0.05, 0.1) is 37.9 Å². The van der Waals surface area contributed by atoms with Gasteiger partial charge in [0, 0.05) is 18.0 Å². The van der Waals surface area contributed by atoms with E-state index in [1.165, 1.54) is 11.3 Å². The molecule has 2 aromatic rings. The summed E-state index contributed by atoms with van der Waals surface area (Å²) >= 11 is 7.28. The van der Waals surface area contributed by atoms with Crippen LogP contribution in [0.4, 0.5) is 0 Å². The van der Waals surface area contributed by atoms with Crippen LogP contribution in [0.1, 0.15) is 6.42 Å². The lowest BCUT2D eigenvalue weighted by Crippen LogP contribution is -3.00. The van der Waals surface area contributed by atoms with Crippen molar-refractivity contribution in [3.05, 3.63) is 32.9 Å². The van der Waals surface area contributed by atoms with Gasteiger partial charge in [0.2, 0.25) is 0 Å². The highest BCUT2D eigenvalue weighted by Crippen LogP contribution is 2.21. The Morgan fingerprint density at radius 2 is 2.00 bits per heavy atom. The minimum Gasteiger partial charge on any atom is -1.00 e. The number of aryl methyl sites for hydroxylation is 1. The molecule has 0 aliphatic rings. The van der Waals surface area contributed by atoms with Gasteiger partial charge in [-0.3, -0.25) is 9.36 Å². The second-order valence-electron chi connectivity index (χ2n) is 5.50. The molecule has 0 spiro atoms. The lowest BCUT2D eigenvalue weighted by atomic mass is 10.3. The third kappa shape index (κ3) is 4.44. The molecule has 6 heteroatoms. The third-order valence-electron chi connectivity index (χ3n) is 2.84. The number of fused-ring (bicyclic) bond motifs is 1. The van der Waals surface area contributed by atoms with Crippen LogP contribution in [0.25, 0.3) is 10.2 Å². The van der Waals surface area contributed by atoms with E-state index < -0.39 is 0 Å². The number of hydrogen-bond acceptors (Lipinski definition) is 2. The molecule has 0 fully saturated rings. The number of quaternary nitrogens is 1. The molecule has 0 bridgehead atoms. The molecule has 1 aromatic carbocycles. The Bertz CT molecular complexity index is 615. The largest absolute Gasteiger partial charge is 1.00 e. The molecule has 3 nitrogen and oxygen atoms in total. The van der Waals surface area contributed by atoms with Gasteiger partial charge in [-0.1, -0.05) is 22.9 Å². The van der Waals surface area contributed by atoms with E-state index in [4.69, 9.17) is 11.6 Å². The van der Waals surface area contributed by atoms with E-state index in [0.717, 1.165) is 34.2 Å². The standard InChI is InChI=1S/C13H18ClN2OS.HI/c1-16(2,3)8-4-7-15-11-9-10(14)5-6-12(11)18-13(15)17;/h5-6,9H,4,7-8H2,1-3H3;1H/q+1;/p-1. The molecule has 0 unspecified atom stereocenters. The average molecular weight is 413 g/mol. The molecule has 0 N–H and O–H groups in total. The van der Waals surface area contributed by atoms with E-state index in [9.17, 15) is 4.79 Å². The fraction of sp³-hybridized carbons (Fsp3) is 0.462. The van der Waals surface area contributed by atoms with E-state index in [0.29, 0.717) is 5.02 Å². The first-order valence-corrected chi connectivity index (χ1v) is 7.16.